The number of nitrogens with one attached hydrogen (secondary N) is 1. The Morgan fingerprint density at radius 1 is 1.21 bits per heavy atom. The second-order valence-corrected chi connectivity index (χ2v) is 5.26. The summed E-state index contributed by atoms with van der Waals surface area (Å²) in [6.45, 7) is 0.404. The first-order chi connectivity index (χ1) is 9.06. The maximum Gasteiger partial charge on any atom is 0.251 e. The van der Waals surface area contributed by atoms with Crippen molar-refractivity contribution in [2.75, 3.05) is 0 Å². The molecule has 1 N–H and O–H groups in total. The Morgan fingerprint density at radius 3 is 2.53 bits per heavy atom. The van der Waals surface area contributed by atoms with Crippen molar-refractivity contribution in [2.45, 2.75) is 6.54 Å². The number of hydrogen-bond donors (Lipinski definition) is 1. The van der Waals surface area contributed by atoms with E-state index in [1.54, 1.807) is 0 Å². The van der Waals surface area contributed by atoms with Crippen LogP contribution >= 0.6 is 27.5 Å². The molecular formula is C14H10BrClFNO. The van der Waals surface area contributed by atoms with Crippen molar-refractivity contribution < 1.29 is 9.18 Å². The molecule has 0 aromatic heterocycles. The summed E-state index contributed by atoms with van der Waals surface area (Å²) in [6.07, 6.45) is 0. The van der Waals surface area contributed by atoms with E-state index in [-0.39, 0.29) is 10.9 Å². The van der Waals surface area contributed by atoms with Crippen molar-refractivity contribution in [3.05, 3.63) is 68.9 Å². The number of benzene rings is 2. The molecule has 0 radical (unpaired) electrons. The van der Waals surface area contributed by atoms with Crippen LogP contribution in [0.3, 0.4) is 0 Å². The van der Waals surface area contributed by atoms with Gasteiger partial charge in [0.25, 0.3) is 5.91 Å². The summed E-state index contributed by atoms with van der Waals surface area (Å²) in [7, 11) is 0. The molecule has 0 aliphatic carbocycles. The van der Waals surface area contributed by atoms with Gasteiger partial charge in [0.15, 0.2) is 0 Å². The third kappa shape index (κ3) is 3.78. The van der Waals surface area contributed by atoms with Crippen LogP contribution < -0.4 is 5.32 Å². The minimum atomic E-state index is -0.536. The van der Waals surface area contributed by atoms with Crippen LogP contribution in [0.15, 0.2) is 46.9 Å². The fourth-order valence-electron chi connectivity index (χ4n) is 1.52. The molecule has 0 spiro atoms. The Bertz CT molecular complexity index is 601. The zero-order chi connectivity index (χ0) is 13.8. The first-order valence-corrected chi connectivity index (χ1v) is 6.71. The third-order valence-corrected chi connectivity index (χ3v) is 3.37. The SMILES string of the molecule is O=C(NCc1ccc(Br)cc1)c1ccc(F)c(Cl)c1. The van der Waals surface area contributed by atoms with Crippen LogP contribution in [0.4, 0.5) is 4.39 Å². The van der Waals surface area contributed by atoms with E-state index in [4.69, 9.17) is 11.6 Å². The first-order valence-electron chi connectivity index (χ1n) is 5.54. The fraction of sp³-hybridized carbons (Fsp3) is 0.0714. The van der Waals surface area contributed by atoms with Gasteiger partial charge in [0.05, 0.1) is 5.02 Å². The van der Waals surface area contributed by atoms with E-state index in [2.05, 4.69) is 21.2 Å². The van der Waals surface area contributed by atoms with E-state index >= 15 is 0 Å². The number of carbonyl (C=O) groups excluding carboxylic acids is 1. The van der Waals surface area contributed by atoms with Crippen LogP contribution in [0.2, 0.25) is 5.02 Å². The van der Waals surface area contributed by atoms with Gasteiger partial charge in [0.1, 0.15) is 5.82 Å². The minimum absolute atomic E-state index is 0.0590. The van der Waals surface area contributed by atoms with Gasteiger partial charge in [-0.2, -0.15) is 0 Å². The topological polar surface area (TPSA) is 29.1 Å². The third-order valence-electron chi connectivity index (χ3n) is 2.55. The van der Waals surface area contributed by atoms with Crippen LogP contribution in [0.1, 0.15) is 15.9 Å². The van der Waals surface area contributed by atoms with Gasteiger partial charge in [-0.05, 0) is 35.9 Å². The highest BCUT2D eigenvalue weighted by Crippen LogP contribution is 2.16. The van der Waals surface area contributed by atoms with Gasteiger partial charge in [-0.1, -0.05) is 39.7 Å². The summed E-state index contributed by atoms with van der Waals surface area (Å²) in [5.41, 5.74) is 1.31. The Hall–Kier alpha value is -1.39. The van der Waals surface area contributed by atoms with E-state index in [1.807, 2.05) is 24.3 Å². The second kappa shape index (κ2) is 6.17. The largest absolute Gasteiger partial charge is 0.348 e. The second-order valence-electron chi connectivity index (χ2n) is 3.94. The highest BCUT2D eigenvalue weighted by molar-refractivity contribution is 9.10. The van der Waals surface area contributed by atoms with Crippen molar-refractivity contribution in [1.82, 2.24) is 5.32 Å². The zero-order valence-corrected chi connectivity index (χ0v) is 12.1. The fourth-order valence-corrected chi connectivity index (χ4v) is 1.97. The Morgan fingerprint density at radius 2 is 1.89 bits per heavy atom. The monoisotopic (exact) mass is 341 g/mol. The molecule has 0 saturated carbocycles. The standard InChI is InChI=1S/C14H10BrClFNO/c15-11-4-1-9(2-5-11)8-18-14(19)10-3-6-13(17)12(16)7-10/h1-7H,8H2,(H,18,19). The summed E-state index contributed by atoms with van der Waals surface area (Å²) >= 11 is 8.97. The maximum absolute atomic E-state index is 13.0. The summed E-state index contributed by atoms with van der Waals surface area (Å²) in [5.74, 6) is -0.823. The molecule has 2 aromatic rings. The Labute approximate surface area is 123 Å². The molecule has 0 saturated heterocycles. The van der Waals surface area contributed by atoms with E-state index in [0.717, 1.165) is 10.0 Å². The molecule has 2 nitrogen and oxygen atoms in total. The van der Waals surface area contributed by atoms with Gasteiger partial charge in [-0.15, -0.1) is 0 Å². The molecule has 0 aliphatic heterocycles. The van der Waals surface area contributed by atoms with Gasteiger partial charge >= 0.3 is 0 Å². The summed E-state index contributed by atoms with van der Waals surface area (Å²) in [5, 5.41) is 2.69. The smallest absolute Gasteiger partial charge is 0.251 e. The highest BCUT2D eigenvalue weighted by atomic mass is 79.9. The highest BCUT2D eigenvalue weighted by Gasteiger charge is 2.08. The summed E-state index contributed by atoms with van der Waals surface area (Å²) in [6, 6.07) is 11.5. The maximum atomic E-state index is 13.0. The van der Waals surface area contributed by atoms with Gasteiger partial charge in [0, 0.05) is 16.6 Å². The van der Waals surface area contributed by atoms with Crippen LogP contribution in [0.25, 0.3) is 0 Å². The molecule has 1 amide bonds. The predicted molar refractivity (Wildman–Crippen MR) is 76.7 cm³/mol. The average Bonchev–Trinajstić information content (AvgIpc) is 2.41. The molecule has 0 aliphatic rings. The van der Waals surface area contributed by atoms with Crippen molar-refractivity contribution in [3.8, 4) is 0 Å². The van der Waals surface area contributed by atoms with Crippen molar-refractivity contribution in [3.63, 3.8) is 0 Å². The normalized spacial score (nSPS) is 10.3. The Balaban J connectivity index is 2.01. The number of carbonyl (C=O) groups is 1. The number of amides is 1. The van der Waals surface area contributed by atoms with E-state index in [1.165, 1.54) is 18.2 Å². The van der Waals surface area contributed by atoms with Gasteiger partial charge < -0.3 is 5.32 Å². The lowest BCUT2D eigenvalue weighted by atomic mass is 10.2. The minimum Gasteiger partial charge on any atom is -0.348 e. The van der Waals surface area contributed by atoms with Crippen LogP contribution in [0.5, 0.6) is 0 Å². The lowest BCUT2D eigenvalue weighted by Gasteiger charge is -2.06. The van der Waals surface area contributed by atoms with E-state index < -0.39 is 5.82 Å². The van der Waals surface area contributed by atoms with Gasteiger partial charge in [-0.25, -0.2) is 4.39 Å². The molecule has 0 fully saturated rings. The van der Waals surface area contributed by atoms with E-state index in [9.17, 15) is 9.18 Å². The van der Waals surface area contributed by atoms with E-state index in [0.29, 0.717) is 12.1 Å². The van der Waals surface area contributed by atoms with Crippen molar-refractivity contribution >= 4 is 33.4 Å². The molecule has 2 rings (SSSR count). The molecule has 19 heavy (non-hydrogen) atoms. The van der Waals surface area contributed by atoms with Crippen LogP contribution in [-0.4, -0.2) is 5.91 Å². The average molecular weight is 343 g/mol. The molecule has 0 unspecified atom stereocenters. The molecule has 0 atom stereocenters. The van der Waals surface area contributed by atoms with Crippen LogP contribution in [-0.2, 0) is 6.54 Å². The summed E-state index contributed by atoms with van der Waals surface area (Å²) < 4.78 is 14.0. The molecule has 5 heteroatoms. The zero-order valence-electron chi connectivity index (χ0n) is 9.79. The predicted octanol–water partition coefficient (Wildman–Crippen LogP) is 4.17. The Kier molecular flexibility index (Phi) is 4.56. The van der Waals surface area contributed by atoms with Crippen molar-refractivity contribution in [2.24, 2.45) is 0 Å². The number of halogens is 3. The quantitative estimate of drug-likeness (QED) is 0.891. The first kappa shape index (κ1) is 14.0. The van der Waals surface area contributed by atoms with Crippen LogP contribution in [0, 0.1) is 5.82 Å². The lowest BCUT2D eigenvalue weighted by Crippen LogP contribution is -2.22. The lowest BCUT2D eigenvalue weighted by molar-refractivity contribution is 0.0951. The van der Waals surface area contributed by atoms with Gasteiger partial charge in [-0.3, -0.25) is 4.79 Å². The van der Waals surface area contributed by atoms with Crippen molar-refractivity contribution in [1.29, 1.82) is 0 Å². The molecule has 0 bridgehead atoms. The number of rotatable bonds is 3. The summed E-state index contributed by atoms with van der Waals surface area (Å²) in [4.78, 5) is 11.8. The molecule has 0 heterocycles. The molecule has 2 aromatic carbocycles. The van der Waals surface area contributed by atoms with Gasteiger partial charge in [0.2, 0.25) is 0 Å². The number of hydrogen-bond acceptors (Lipinski definition) is 1. The molecule has 98 valence electrons. The molecular weight excluding hydrogens is 333 g/mol.